The van der Waals surface area contributed by atoms with Crippen molar-refractivity contribution in [1.82, 2.24) is 4.90 Å². The van der Waals surface area contributed by atoms with Crippen molar-refractivity contribution >= 4 is 5.91 Å². The summed E-state index contributed by atoms with van der Waals surface area (Å²) in [6, 6.07) is -0.0392. The van der Waals surface area contributed by atoms with E-state index >= 15 is 0 Å². The molecule has 0 aromatic rings. The maximum atomic E-state index is 12.1. The Hall–Kier alpha value is -0.650. The first kappa shape index (κ1) is 17.4. The van der Waals surface area contributed by atoms with E-state index in [1.54, 1.807) is 0 Å². The molecule has 5 nitrogen and oxygen atoms in total. The lowest BCUT2D eigenvalue weighted by Gasteiger charge is -2.33. The fourth-order valence-electron chi connectivity index (χ4n) is 2.26. The molecule has 1 unspecified atom stereocenters. The summed E-state index contributed by atoms with van der Waals surface area (Å²) < 4.78 is 11.0. The molecule has 0 bridgehead atoms. The first-order valence-corrected chi connectivity index (χ1v) is 7.77. The standard InChI is InChI=1S/C15H30N2O3/c1-4-19-9-10-20-13-5-7-17(8-6-13)15(18)11-14(16)12(2)3/h12-14H,4-11,16H2,1-3H3. The molecule has 1 atom stereocenters. The monoisotopic (exact) mass is 286 g/mol. The molecular weight excluding hydrogens is 256 g/mol. The molecule has 0 saturated carbocycles. The Morgan fingerprint density at radius 3 is 2.50 bits per heavy atom. The van der Waals surface area contributed by atoms with Crippen molar-refractivity contribution in [3.63, 3.8) is 0 Å². The number of likely N-dealkylation sites (tertiary alicyclic amines) is 1. The van der Waals surface area contributed by atoms with Crippen LogP contribution in [0.25, 0.3) is 0 Å². The quantitative estimate of drug-likeness (QED) is 0.685. The number of hydrogen-bond donors (Lipinski definition) is 1. The first-order valence-electron chi connectivity index (χ1n) is 7.77. The Labute approximate surface area is 122 Å². The van der Waals surface area contributed by atoms with Crippen LogP contribution in [0, 0.1) is 5.92 Å². The van der Waals surface area contributed by atoms with Gasteiger partial charge in [-0.15, -0.1) is 0 Å². The fraction of sp³-hybridized carbons (Fsp3) is 0.933. The number of piperidine rings is 1. The van der Waals surface area contributed by atoms with Crippen LogP contribution in [0.3, 0.4) is 0 Å². The summed E-state index contributed by atoms with van der Waals surface area (Å²) in [7, 11) is 0. The van der Waals surface area contributed by atoms with E-state index in [9.17, 15) is 4.79 Å². The molecule has 1 fully saturated rings. The number of rotatable bonds is 8. The number of hydrogen-bond acceptors (Lipinski definition) is 4. The van der Waals surface area contributed by atoms with Gasteiger partial charge >= 0.3 is 0 Å². The van der Waals surface area contributed by atoms with Crippen molar-refractivity contribution < 1.29 is 14.3 Å². The lowest BCUT2D eigenvalue weighted by molar-refractivity contribution is -0.134. The largest absolute Gasteiger partial charge is 0.379 e. The van der Waals surface area contributed by atoms with E-state index in [2.05, 4.69) is 13.8 Å². The zero-order valence-corrected chi connectivity index (χ0v) is 13.1. The molecule has 0 aromatic carbocycles. The normalized spacial score (nSPS) is 18.6. The molecule has 0 radical (unpaired) electrons. The maximum absolute atomic E-state index is 12.1. The predicted molar refractivity (Wildman–Crippen MR) is 79.5 cm³/mol. The molecule has 1 saturated heterocycles. The molecule has 5 heteroatoms. The summed E-state index contributed by atoms with van der Waals surface area (Å²) >= 11 is 0. The number of carbonyl (C=O) groups excluding carboxylic acids is 1. The summed E-state index contributed by atoms with van der Waals surface area (Å²) in [5, 5.41) is 0. The number of amides is 1. The summed E-state index contributed by atoms with van der Waals surface area (Å²) in [6.45, 7) is 9.67. The third-order valence-corrected chi connectivity index (χ3v) is 3.85. The van der Waals surface area contributed by atoms with Crippen molar-refractivity contribution in [1.29, 1.82) is 0 Å². The van der Waals surface area contributed by atoms with E-state index in [-0.39, 0.29) is 18.1 Å². The molecule has 0 spiro atoms. The molecule has 2 N–H and O–H groups in total. The molecular formula is C15H30N2O3. The van der Waals surface area contributed by atoms with Gasteiger partial charge < -0.3 is 20.1 Å². The van der Waals surface area contributed by atoms with Crippen LogP contribution in [0.4, 0.5) is 0 Å². The number of carbonyl (C=O) groups is 1. The Morgan fingerprint density at radius 1 is 1.30 bits per heavy atom. The van der Waals surface area contributed by atoms with Gasteiger partial charge in [-0.2, -0.15) is 0 Å². The van der Waals surface area contributed by atoms with Crippen molar-refractivity contribution in [3.05, 3.63) is 0 Å². The van der Waals surface area contributed by atoms with E-state index < -0.39 is 0 Å². The Morgan fingerprint density at radius 2 is 1.95 bits per heavy atom. The van der Waals surface area contributed by atoms with Crippen LogP contribution in [0.5, 0.6) is 0 Å². The predicted octanol–water partition coefficient (Wildman–Crippen LogP) is 1.40. The summed E-state index contributed by atoms with van der Waals surface area (Å²) in [4.78, 5) is 14.0. The molecule has 1 heterocycles. The van der Waals surface area contributed by atoms with Gasteiger partial charge in [-0.05, 0) is 25.7 Å². The second-order valence-electron chi connectivity index (χ2n) is 5.76. The number of nitrogens with zero attached hydrogens (tertiary/aromatic N) is 1. The molecule has 20 heavy (non-hydrogen) atoms. The van der Waals surface area contributed by atoms with Crippen molar-refractivity contribution in [2.45, 2.75) is 52.2 Å². The van der Waals surface area contributed by atoms with Crippen LogP contribution in [-0.4, -0.2) is 55.9 Å². The Kier molecular flexibility index (Phi) is 8.11. The van der Waals surface area contributed by atoms with Crippen LogP contribution < -0.4 is 5.73 Å². The van der Waals surface area contributed by atoms with E-state index in [1.807, 2.05) is 11.8 Å². The Bertz CT molecular complexity index is 276. The van der Waals surface area contributed by atoms with Crippen molar-refractivity contribution in [2.24, 2.45) is 11.7 Å². The highest BCUT2D eigenvalue weighted by Gasteiger charge is 2.24. The highest BCUT2D eigenvalue weighted by atomic mass is 16.5. The second kappa shape index (κ2) is 9.32. The lowest BCUT2D eigenvalue weighted by atomic mass is 10.0. The lowest BCUT2D eigenvalue weighted by Crippen LogP contribution is -2.43. The van der Waals surface area contributed by atoms with Crippen molar-refractivity contribution in [2.75, 3.05) is 32.9 Å². The van der Waals surface area contributed by atoms with Crippen LogP contribution in [0.15, 0.2) is 0 Å². The molecule has 118 valence electrons. The zero-order chi connectivity index (χ0) is 15.0. The van der Waals surface area contributed by atoms with E-state index in [0.29, 0.717) is 25.6 Å². The van der Waals surface area contributed by atoms with Crippen LogP contribution in [0.2, 0.25) is 0 Å². The minimum absolute atomic E-state index is 0.0392. The number of nitrogens with two attached hydrogens (primary N) is 1. The van der Waals surface area contributed by atoms with E-state index in [4.69, 9.17) is 15.2 Å². The SMILES string of the molecule is CCOCCOC1CCN(C(=O)CC(N)C(C)C)CC1. The third kappa shape index (κ3) is 6.20. The van der Waals surface area contributed by atoms with Gasteiger partial charge in [0.15, 0.2) is 0 Å². The molecule has 0 aromatic heterocycles. The average Bonchev–Trinajstić information content (AvgIpc) is 2.44. The van der Waals surface area contributed by atoms with Crippen LogP contribution in [0.1, 0.15) is 40.0 Å². The zero-order valence-electron chi connectivity index (χ0n) is 13.1. The topological polar surface area (TPSA) is 64.8 Å². The summed E-state index contributed by atoms with van der Waals surface area (Å²) in [5.74, 6) is 0.525. The molecule has 1 aliphatic heterocycles. The van der Waals surface area contributed by atoms with Gasteiger partial charge in [0.05, 0.1) is 19.3 Å². The van der Waals surface area contributed by atoms with Gasteiger partial charge in [-0.25, -0.2) is 0 Å². The number of ether oxygens (including phenoxy) is 2. The van der Waals surface area contributed by atoms with E-state index in [1.165, 1.54) is 0 Å². The Balaban J connectivity index is 2.19. The van der Waals surface area contributed by atoms with Crippen LogP contribution in [-0.2, 0) is 14.3 Å². The fourth-order valence-corrected chi connectivity index (χ4v) is 2.26. The molecule has 1 aliphatic rings. The third-order valence-electron chi connectivity index (χ3n) is 3.85. The van der Waals surface area contributed by atoms with Crippen LogP contribution >= 0.6 is 0 Å². The van der Waals surface area contributed by atoms with Gasteiger partial charge in [0.1, 0.15) is 0 Å². The van der Waals surface area contributed by atoms with Gasteiger partial charge in [0, 0.05) is 32.2 Å². The van der Waals surface area contributed by atoms with Crippen molar-refractivity contribution in [3.8, 4) is 0 Å². The summed E-state index contributed by atoms with van der Waals surface area (Å²) in [5.41, 5.74) is 5.96. The summed E-state index contributed by atoms with van der Waals surface area (Å²) in [6.07, 6.45) is 2.54. The minimum atomic E-state index is -0.0392. The maximum Gasteiger partial charge on any atom is 0.224 e. The average molecular weight is 286 g/mol. The van der Waals surface area contributed by atoms with Gasteiger partial charge in [-0.3, -0.25) is 4.79 Å². The highest BCUT2D eigenvalue weighted by Crippen LogP contribution is 2.15. The van der Waals surface area contributed by atoms with E-state index in [0.717, 1.165) is 32.5 Å². The molecule has 1 amide bonds. The minimum Gasteiger partial charge on any atom is -0.379 e. The first-order chi connectivity index (χ1) is 9.54. The smallest absolute Gasteiger partial charge is 0.224 e. The molecule has 1 rings (SSSR count). The second-order valence-corrected chi connectivity index (χ2v) is 5.76. The molecule has 0 aliphatic carbocycles. The van der Waals surface area contributed by atoms with Gasteiger partial charge in [0.2, 0.25) is 5.91 Å². The van der Waals surface area contributed by atoms with Gasteiger partial charge in [-0.1, -0.05) is 13.8 Å². The highest BCUT2D eigenvalue weighted by molar-refractivity contribution is 5.76. The van der Waals surface area contributed by atoms with Gasteiger partial charge in [0.25, 0.3) is 0 Å².